The van der Waals surface area contributed by atoms with Gasteiger partial charge in [0.15, 0.2) is 0 Å². The molecule has 90 valence electrons. The first-order chi connectivity index (χ1) is 8.25. The van der Waals surface area contributed by atoms with Gasteiger partial charge >= 0.3 is 0 Å². The van der Waals surface area contributed by atoms with E-state index in [1.807, 2.05) is 35.2 Å². The van der Waals surface area contributed by atoms with Crippen molar-refractivity contribution in [3.63, 3.8) is 0 Å². The lowest BCUT2D eigenvalue weighted by Crippen LogP contribution is -2.34. The lowest BCUT2D eigenvalue weighted by atomic mass is 10.1. The Morgan fingerprint density at radius 1 is 1.24 bits per heavy atom. The van der Waals surface area contributed by atoms with Crippen molar-refractivity contribution in [1.29, 1.82) is 0 Å². The molecule has 0 saturated carbocycles. The van der Waals surface area contributed by atoms with Crippen molar-refractivity contribution in [3.05, 3.63) is 40.4 Å². The van der Waals surface area contributed by atoms with E-state index in [0.29, 0.717) is 0 Å². The Balaban J connectivity index is 1.97. The number of piperidine rings is 1. The molecule has 1 aromatic carbocycles. The molecule has 1 aromatic rings. The third kappa shape index (κ3) is 3.70. The summed E-state index contributed by atoms with van der Waals surface area (Å²) in [6, 6.07) is 7.93. The molecule has 17 heavy (non-hydrogen) atoms. The smallest absolute Gasteiger partial charge is 0.246 e. The highest BCUT2D eigenvalue weighted by Crippen LogP contribution is 2.13. The Labute approximate surface area is 110 Å². The van der Waals surface area contributed by atoms with Gasteiger partial charge in [0.1, 0.15) is 0 Å². The zero-order valence-electron chi connectivity index (χ0n) is 9.73. The minimum atomic E-state index is 0.129. The van der Waals surface area contributed by atoms with Gasteiger partial charge in [-0.3, -0.25) is 4.79 Å². The fraction of sp³-hybridized carbons (Fsp3) is 0.357. The van der Waals surface area contributed by atoms with Crippen LogP contribution < -0.4 is 0 Å². The van der Waals surface area contributed by atoms with E-state index in [2.05, 4.69) is 15.9 Å². The van der Waals surface area contributed by atoms with E-state index in [1.54, 1.807) is 6.08 Å². The van der Waals surface area contributed by atoms with Gasteiger partial charge < -0.3 is 4.90 Å². The minimum absolute atomic E-state index is 0.129. The molecule has 1 fully saturated rings. The van der Waals surface area contributed by atoms with Crippen molar-refractivity contribution < 1.29 is 4.79 Å². The number of nitrogens with zero attached hydrogens (tertiary/aromatic N) is 1. The summed E-state index contributed by atoms with van der Waals surface area (Å²) < 4.78 is 1.03. The largest absolute Gasteiger partial charge is 0.339 e. The molecular formula is C14H16BrNO. The zero-order valence-corrected chi connectivity index (χ0v) is 11.3. The Morgan fingerprint density at radius 3 is 2.71 bits per heavy atom. The van der Waals surface area contributed by atoms with Crippen molar-refractivity contribution >= 4 is 27.9 Å². The molecule has 0 bridgehead atoms. The number of benzene rings is 1. The number of rotatable bonds is 2. The van der Waals surface area contributed by atoms with Crippen LogP contribution in [0.1, 0.15) is 24.8 Å². The average Bonchev–Trinajstić information content (AvgIpc) is 2.37. The van der Waals surface area contributed by atoms with E-state index in [1.165, 1.54) is 6.42 Å². The molecule has 0 N–H and O–H groups in total. The topological polar surface area (TPSA) is 20.3 Å². The lowest BCUT2D eigenvalue weighted by Gasteiger charge is -2.25. The average molecular weight is 294 g/mol. The van der Waals surface area contributed by atoms with Crippen molar-refractivity contribution in [2.45, 2.75) is 19.3 Å². The van der Waals surface area contributed by atoms with Gasteiger partial charge in [0, 0.05) is 23.6 Å². The predicted octanol–water partition coefficient (Wildman–Crippen LogP) is 3.47. The van der Waals surface area contributed by atoms with Crippen LogP contribution in [0.2, 0.25) is 0 Å². The molecule has 1 aliphatic heterocycles. The van der Waals surface area contributed by atoms with Crippen LogP contribution in [-0.2, 0) is 4.79 Å². The van der Waals surface area contributed by atoms with E-state index in [0.717, 1.165) is 36.0 Å². The van der Waals surface area contributed by atoms with Crippen molar-refractivity contribution in [3.8, 4) is 0 Å². The standard InChI is InChI=1S/C14H16BrNO/c15-13-6-4-5-12(11-13)7-8-14(17)16-9-2-1-3-10-16/h4-8,11H,1-3,9-10H2. The molecule has 1 heterocycles. The van der Waals surface area contributed by atoms with Crippen LogP contribution >= 0.6 is 15.9 Å². The molecule has 3 heteroatoms. The minimum Gasteiger partial charge on any atom is -0.339 e. The highest BCUT2D eigenvalue weighted by Gasteiger charge is 2.13. The van der Waals surface area contributed by atoms with Crippen molar-refractivity contribution in [2.24, 2.45) is 0 Å². The van der Waals surface area contributed by atoms with Gasteiger partial charge in [-0.05, 0) is 43.0 Å². The quantitative estimate of drug-likeness (QED) is 0.765. The van der Waals surface area contributed by atoms with Gasteiger partial charge in [-0.2, -0.15) is 0 Å². The normalized spacial score (nSPS) is 16.4. The van der Waals surface area contributed by atoms with Gasteiger partial charge in [-0.15, -0.1) is 0 Å². The Kier molecular flexibility index (Phi) is 4.37. The first-order valence-corrected chi connectivity index (χ1v) is 6.77. The Hall–Kier alpha value is -1.09. The molecule has 2 rings (SSSR count). The maximum absolute atomic E-state index is 11.9. The highest BCUT2D eigenvalue weighted by molar-refractivity contribution is 9.10. The van der Waals surface area contributed by atoms with E-state index in [-0.39, 0.29) is 5.91 Å². The van der Waals surface area contributed by atoms with Crippen LogP contribution in [0.4, 0.5) is 0 Å². The van der Waals surface area contributed by atoms with Gasteiger partial charge in [0.05, 0.1) is 0 Å². The molecule has 1 amide bonds. The summed E-state index contributed by atoms with van der Waals surface area (Å²) >= 11 is 3.42. The summed E-state index contributed by atoms with van der Waals surface area (Å²) in [5, 5.41) is 0. The van der Waals surface area contributed by atoms with Gasteiger partial charge in [-0.25, -0.2) is 0 Å². The summed E-state index contributed by atoms with van der Waals surface area (Å²) in [5.41, 5.74) is 1.05. The molecule has 0 radical (unpaired) electrons. The first-order valence-electron chi connectivity index (χ1n) is 5.98. The number of halogens is 1. The van der Waals surface area contributed by atoms with Gasteiger partial charge in [-0.1, -0.05) is 28.1 Å². The second kappa shape index (κ2) is 6.01. The zero-order chi connectivity index (χ0) is 12.1. The molecule has 2 nitrogen and oxygen atoms in total. The van der Waals surface area contributed by atoms with Crippen molar-refractivity contribution in [1.82, 2.24) is 4.90 Å². The predicted molar refractivity (Wildman–Crippen MR) is 73.6 cm³/mol. The van der Waals surface area contributed by atoms with E-state index < -0.39 is 0 Å². The van der Waals surface area contributed by atoms with Crippen LogP contribution in [0.25, 0.3) is 6.08 Å². The van der Waals surface area contributed by atoms with Crippen LogP contribution in [0.5, 0.6) is 0 Å². The molecule has 0 aromatic heterocycles. The fourth-order valence-corrected chi connectivity index (χ4v) is 2.41. The fourth-order valence-electron chi connectivity index (χ4n) is 2.00. The molecule has 1 aliphatic rings. The van der Waals surface area contributed by atoms with E-state index in [4.69, 9.17) is 0 Å². The number of hydrogen-bond donors (Lipinski definition) is 0. The third-order valence-electron chi connectivity index (χ3n) is 2.93. The van der Waals surface area contributed by atoms with Crippen molar-refractivity contribution in [2.75, 3.05) is 13.1 Å². The van der Waals surface area contributed by atoms with Gasteiger partial charge in [0.2, 0.25) is 5.91 Å². The van der Waals surface area contributed by atoms with Crippen LogP contribution in [0.15, 0.2) is 34.8 Å². The second-order valence-electron chi connectivity index (χ2n) is 4.27. The summed E-state index contributed by atoms with van der Waals surface area (Å²) in [5.74, 6) is 0.129. The molecule has 0 spiro atoms. The maximum atomic E-state index is 11.9. The molecule has 0 unspecified atom stereocenters. The lowest BCUT2D eigenvalue weighted by molar-refractivity contribution is -0.126. The number of carbonyl (C=O) groups is 1. The Morgan fingerprint density at radius 2 is 2.00 bits per heavy atom. The van der Waals surface area contributed by atoms with Gasteiger partial charge in [0.25, 0.3) is 0 Å². The number of carbonyl (C=O) groups excluding carboxylic acids is 1. The highest BCUT2D eigenvalue weighted by atomic mass is 79.9. The number of hydrogen-bond acceptors (Lipinski definition) is 1. The number of amides is 1. The molecule has 0 aliphatic carbocycles. The summed E-state index contributed by atoms with van der Waals surface area (Å²) in [7, 11) is 0. The SMILES string of the molecule is O=C(C=Cc1cccc(Br)c1)N1CCCCC1. The monoisotopic (exact) mass is 293 g/mol. The van der Waals surface area contributed by atoms with E-state index in [9.17, 15) is 4.79 Å². The third-order valence-corrected chi connectivity index (χ3v) is 3.43. The Bertz CT molecular complexity index is 422. The van der Waals surface area contributed by atoms with Crippen LogP contribution in [0, 0.1) is 0 Å². The van der Waals surface area contributed by atoms with Crippen LogP contribution in [0.3, 0.4) is 0 Å². The summed E-state index contributed by atoms with van der Waals surface area (Å²) in [6.07, 6.45) is 7.07. The van der Waals surface area contributed by atoms with E-state index >= 15 is 0 Å². The molecule has 1 saturated heterocycles. The summed E-state index contributed by atoms with van der Waals surface area (Å²) in [4.78, 5) is 13.8. The summed E-state index contributed by atoms with van der Waals surface area (Å²) in [6.45, 7) is 1.81. The van der Waals surface area contributed by atoms with Crippen LogP contribution in [-0.4, -0.2) is 23.9 Å². The molecule has 0 atom stereocenters. The maximum Gasteiger partial charge on any atom is 0.246 e. The molecular weight excluding hydrogens is 278 g/mol. The second-order valence-corrected chi connectivity index (χ2v) is 5.19. The number of likely N-dealkylation sites (tertiary alicyclic amines) is 1. The first kappa shape index (κ1) is 12.4.